The molecule has 0 spiro atoms. The van der Waals surface area contributed by atoms with Crippen molar-refractivity contribution in [2.24, 2.45) is 11.8 Å². The summed E-state index contributed by atoms with van der Waals surface area (Å²) in [4.78, 5) is 11.9. The highest BCUT2D eigenvalue weighted by Gasteiger charge is 2.47. The fourth-order valence-corrected chi connectivity index (χ4v) is 3.44. The molecule has 1 amide bonds. The van der Waals surface area contributed by atoms with Crippen molar-refractivity contribution in [3.63, 3.8) is 0 Å². The monoisotopic (exact) mass is 357 g/mol. The molecular formula is C16H23NO8. The van der Waals surface area contributed by atoms with Crippen LogP contribution in [0.1, 0.15) is 6.42 Å². The van der Waals surface area contributed by atoms with Gasteiger partial charge in [-0.05, 0) is 6.42 Å². The number of hydrogen-bond acceptors (Lipinski definition) is 8. The lowest BCUT2D eigenvalue weighted by Gasteiger charge is -2.43. The summed E-state index contributed by atoms with van der Waals surface area (Å²) < 4.78 is 16.5. The van der Waals surface area contributed by atoms with Gasteiger partial charge in [0.25, 0.3) is 5.91 Å². The fraction of sp³-hybridized carbons (Fsp3) is 0.688. The molecule has 9 heteroatoms. The molecule has 140 valence electrons. The van der Waals surface area contributed by atoms with Gasteiger partial charge in [0.2, 0.25) is 6.29 Å². The van der Waals surface area contributed by atoms with E-state index in [4.69, 9.17) is 14.2 Å². The molecule has 2 saturated heterocycles. The van der Waals surface area contributed by atoms with Gasteiger partial charge in [0, 0.05) is 18.4 Å². The maximum Gasteiger partial charge on any atom is 0.250 e. The van der Waals surface area contributed by atoms with Crippen LogP contribution in [0.2, 0.25) is 0 Å². The van der Waals surface area contributed by atoms with E-state index in [-0.39, 0.29) is 17.7 Å². The number of carbonyl (C=O) groups is 1. The Balaban J connectivity index is 1.75. The van der Waals surface area contributed by atoms with E-state index < -0.39 is 43.6 Å². The number of aliphatic hydroxyl groups excluding tert-OH is 4. The summed E-state index contributed by atoms with van der Waals surface area (Å²) in [6, 6.07) is 0. The van der Waals surface area contributed by atoms with Crippen molar-refractivity contribution in [1.82, 2.24) is 5.32 Å². The summed E-state index contributed by atoms with van der Waals surface area (Å²) >= 11 is 0. The van der Waals surface area contributed by atoms with Gasteiger partial charge < -0.3 is 40.0 Å². The van der Waals surface area contributed by atoms with Gasteiger partial charge in [-0.15, -0.1) is 6.58 Å². The Kier molecular flexibility index (Phi) is 5.42. The van der Waals surface area contributed by atoms with Gasteiger partial charge in [-0.3, -0.25) is 4.79 Å². The fourth-order valence-electron chi connectivity index (χ4n) is 3.44. The van der Waals surface area contributed by atoms with Gasteiger partial charge in [-0.1, -0.05) is 6.08 Å². The van der Waals surface area contributed by atoms with Crippen molar-refractivity contribution in [1.29, 1.82) is 0 Å². The van der Waals surface area contributed by atoms with E-state index in [1.807, 2.05) is 0 Å². The molecule has 0 aromatic carbocycles. The predicted molar refractivity (Wildman–Crippen MR) is 82.6 cm³/mol. The number of nitrogens with one attached hydrogen (secondary N) is 1. The van der Waals surface area contributed by atoms with E-state index in [1.54, 1.807) is 6.08 Å². The van der Waals surface area contributed by atoms with E-state index in [2.05, 4.69) is 11.9 Å². The van der Waals surface area contributed by atoms with Crippen LogP contribution in [0.4, 0.5) is 0 Å². The third-order valence-corrected chi connectivity index (χ3v) is 4.90. The SMILES string of the molecule is C=CC1C(OC2OC(CO)C(O)C(O)C2O)OC=C2C(=O)NCCC21. The van der Waals surface area contributed by atoms with Crippen LogP contribution in [0.5, 0.6) is 0 Å². The molecule has 0 aromatic heterocycles. The van der Waals surface area contributed by atoms with E-state index in [1.165, 1.54) is 6.26 Å². The van der Waals surface area contributed by atoms with Crippen molar-refractivity contribution in [2.45, 2.75) is 43.4 Å². The second-order valence-corrected chi connectivity index (χ2v) is 6.38. The number of hydrogen-bond donors (Lipinski definition) is 5. The zero-order chi connectivity index (χ0) is 18.1. The van der Waals surface area contributed by atoms with Gasteiger partial charge in [-0.25, -0.2) is 0 Å². The highest BCUT2D eigenvalue weighted by molar-refractivity contribution is 5.94. The molecule has 5 N–H and O–H groups in total. The number of aliphatic hydroxyl groups is 4. The van der Waals surface area contributed by atoms with Crippen LogP contribution in [-0.4, -0.2) is 76.5 Å². The maximum absolute atomic E-state index is 11.9. The summed E-state index contributed by atoms with van der Waals surface area (Å²) in [5.41, 5.74) is 0.504. The molecular weight excluding hydrogens is 334 g/mol. The number of piperidine rings is 1. The van der Waals surface area contributed by atoms with Gasteiger partial charge in [0.1, 0.15) is 24.4 Å². The largest absolute Gasteiger partial charge is 0.471 e. The zero-order valence-electron chi connectivity index (χ0n) is 13.5. The summed E-state index contributed by atoms with van der Waals surface area (Å²) in [7, 11) is 0. The molecule has 25 heavy (non-hydrogen) atoms. The Morgan fingerprint density at radius 2 is 2.04 bits per heavy atom. The molecule has 0 saturated carbocycles. The minimum Gasteiger partial charge on any atom is -0.471 e. The minimum absolute atomic E-state index is 0.144. The highest BCUT2D eigenvalue weighted by Crippen LogP contribution is 2.37. The van der Waals surface area contributed by atoms with Crippen LogP contribution in [0, 0.1) is 11.8 Å². The first-order chi connectivity index (χ1) is 12.0. The van der Waals surface area contributed by atoms with Crippen molar-refractivity contribution < 1.29 is 39.4 Å². The third kappa shape index (κ3) is 3.31. The van der Waals surface area contributed by atoms with Crippen LogP contribution in [-0.2, 0) is 19.0 Å². The third-order valence-electron chi connectivity index (χ3n) is 4.90. The number of rotatable bonds is 4. The van der Waals surface area contributed by atoms with Crippen LogP contribution in [0.25, 0.3) is 0 Å². The van der Waals surface area contributed by atoms with Gasteiger partial charge in [0.05, 0.1) is 18.4 Å². The van der Waals surface area contributed by atoms with Crippen molar-refractivity contribution in [3.05, 3.63) is 24.5 Å². The Morgan fingerprint density at radius 1 is 1.28 bits per heavy atom. The highest BCUT2D eigenvalue weighted by atomic mass is 16.8. The number of carbonyl (C=O) groups excluding carboxylic acids is 1. The number of ether oxygens (including phenoxy) is 3. The molecule has 0 radical (unpaired) electrons. The average Bonchev–Trinajstić information content (AvgIpc) is 2.62. The van der Waals surface area contributed by atoms with Crippen LogP contribution in [0.3, 0.4) is 0 Å². The number of fused-ring (bicyclic) bond motifs is 1. The molecule has 0 bridgehead atoms. The van der Waals surface area contributed by atoms with E-state index in [0.717, 1.165) is 0 Å². The Morgan fingerprint density at radius 3 is 2.72 bits per heavy atom. The molecule has 2 fully saturated rings. The first-order valence-electron chi connectivity index (χ1n) is 8.20. The van der Waals surface area contributed by atoms with Crippen LogP contribution in [0.15, 0.2) is 24.5 Å². The van der Waals surface area contributed by atoms with Gasteiger partial charge in [0.15, 0.2) is 6.29 Å². The Bertz CT molecular complexity index is 550. The molecule has 3 rings (SSSR count). The van der Waals surface area contributed by atoms with E-state index >= 15 is 0 Å². The Hall–Kier alpha value is -1.49. The van der Waals surface area contributed by atoms with Crippen molar-refractivity contribution in [2.75, 3.05) is 13.2 Å². The topological polar surface area (TPSA) is 138 Å². The molecule has 0 aliphatic carbocycles. The lowest BCUT2D eigenvalue weighted by Crippen LogP contribution is -2.60. The second-order valence-electron chi connectivity index (χ2n) is 6.38. The first kappa shape index (κ1) is 18.3. The van der Waals surface area contributed by atoms with Crippen molar-refractivity contribution in [3.8, 4) is 0 Å². The maximum atomic E-state index is 11.9. The second kappa shape index (κ2) is 7.40. The molecule has 3 aliphatic rings. The van der Waals surface area contributed by atoms with Gasteiger partial charge >= 0.3 is 0 Å². The molecule has 9 nitrogen and oxygen atoms in total. The minimum atomic E-state index is -1.53. The summed E-state index contributed by atoms with van der Waals surface area (Å²) in [5.74, 6) is -0.706. The summed E-state index contributed by atoms with van der Waals surface area (Å²) in [6.07, 6.45) is -4.16. The van der Waals surface area contributed by atoms with Crippen molar-refractivity contribution >= 4 is 5.91 Å². The van der Waals surface area contributed by atoms with Gasteiger partial charge in [-0.2, -0.15) is 0 Å². The summed E-state index contributed by atoms with van der Waals surface area (Å²) in [6.45, 7) is 3.75. The molecule has 8 unspecified atom stereocenters. The quantitative estimate of drug-likeness (QED) is 0.364. The molecule has 3 heterocycles. The first-order valence-corrected chi connectivity index (χ1v) is 8.20. The molecule has 3 aliphatic heterocycles. The Labute approximate surface area is 144 Å². The normalized spacial score (nSPS) is 44.2. The molecule has 0 aromatic rings. The van der Waals surface area contributed by atoms with Crippen LogP contribution >= 0.6 is 0 Å². The predicted octanol–water partition coefficient (Wildman–Crippen LogP) is -2.02. The summed E-state index contributed by atoms with van der Waals surface area (Å²) in [5, 5.41) is 41.7. The standard InChI is InChI=1S/C16H23NO8/c1-2-7-8-3-4-17-14(22)9(8)6-23-15(7)25-16-13(21)12(20)11(19)10(5-18)24-16/h2,6-8,10-13,15-16,18-21H,1,3-5H2,(H,17,22). The smallest absolute Gasteiger partial charge is 0.250 e. The number of amides is 1. The van der Waals surface area contributed by atoms with E-state index in [0.29, 0.717) is 18.5 Å². The lowest BCUT2D eigenvalue weighted by molar-refractivity contribution is -0.339. The lowest BCUT2D eigenvalue weighted by atomic mass is 9.79. The zero-order valence-corrected chi connectivity index (χ0v) is 13.5. The molecule has 8 atom stereocenters. The van der Waals surface area contributed by atoms with E-state index in [9.17, 15) is 25.2 Å². The average molecular weight is 357 g/mol. The van der Waals surface area contributed by atoms with Crippen LogP contribution < -0.4 is 5.32 Å².